The Labute approximate surface area is 208 Å². The number of fused-ring (bicyclic) bond motifs is 1. The average molecular weight is 488 g/mol. The Balaban J connectivity index is 1.17. The van der Waals surface area contributed by atoms with Crippen molar-refractivity contribution in [2.75, 3.05) is 19.9 Å². The molecule has 1 atom stereocenters. The van der Waals surface area contributed by atoms with Crippen LogP contribution in [0.4, 0.5) is 0 Å². The van der Waals surface area contributed by atoms with E-state index in [1.165, 1.54) is 6.42 Å². The van der Waals surface area contributed by atoms with Gasteiger partial charge in [0.05, 0.1) is 10.3 Å². The predicted molar refractivity (Wildman–Crippen MR) is 136 cm³/mol. The number of hydrogen-bond donors (Lipinski definition) is 0. The van der Waals surface area contributed by atoms with E-state index < -0.39 is 16.4 Å². The monoisotopic (exact) mass is 487 g/mol. The van der Waals surface area contributed by atoms with E-state index in [-0.39, 0.29) is 12.6 Å². The summed E-state index contributed by atoms with van der Waals surface area (Å²) >= 11 is 0. The van der Waals surface area contributed by atoms with E-state index in [1.54, 1.807) is 0 Å². The van der Waals surface area contributed by atoms with Crippen molar-refractivity contribution in [1.82, 2.24) is 4.31 Å². The lowest BCUT2D eigenvalue weighted by Gasteiger charge is -2.25. The largest absolute Gasteiger partial charge is 0.454 e. The van der Waals surface area contributed by atoms with Gasteiger partial charge in [-0.05, 0) is 72.2 Å². The van der Waals surface area contributed by atoms with E-state index in [1.807, 2.05) is 54.6 Å². The van der Waals surface area contributed by atoms with Crippen molar-refractivity contribution in [2.24, 2.45) is 0 Å². The lowest BCUT2D eigenvalue weighted by Crippen LogP contribution is -2.31. The first-order chi connectivity index (χ1) is 17.1. The second-order valence-corrected chi connectivity index (χ2v) is 11.2. The molecule has 1 unspecified atom stereocenters. The van der Waals surface area contributed by atoms with Gasteiger partial charge in [0, 0.05) is 19.5 Å². The lowest BCUT2D eigenvalue weighted by atomic mass is 9.87. The molecule has 0 amide bonds. The number of ketones is 1. The van der Waals surface area contributed by atoms with Gasteiger partial charge < -0.3 is 9.47 Å². The third kappa shape index (κ3) is 4.41. The number of benzene rings is 3. The molecular formula is C29H29NO4S. The molecule has 5 nitrogen and oxygen atoms in total. The van der Waals surface area contributed by atoms with E-state index in [0.29, 0.717) is 6.42 Å². The second-order valence-electron chi connectivity index (χ2n) is 9.71. The topological polar surface area (TPSA) is 55.8 Å². The second kappa shape index (κ2) is 9.25. The van der Waals surface area contributed by atoms with Crippen LogP contribution in [0.1, 0.15) is 43.2 Å². The highest BCUT2D eigenvalue weighted by molar-refractivity contribution is 7.82. The molecule has 3 aliphatic rings. The molecule has 180 valence electrons. The molecule has 2 heterocycles. The van der Waals surface area contributed by atoms with Crippen LogP contribution < -0.4 is 9.47 Å². The molecule has 2 aliphatic heterocycles. The van der Waals surface area contributed by atoms with Crippen LogP contribution in [0.3, 0.4) is 0 Å². The van der Waals surface area contributed by atoms with Crippen molar-refractivity contribution in [3.05, 3.63) is 77.9 Å². The SMILES string of the molecule is O=C(Cc1cccc(-c2ccc(S(=O)N3CCCCC3)cc2)c1)C1(c2ccc3c(c2)OCO3)CC1. The maximum absolute atomic E-state index is 13.4. The number of nitrogens with zero attached hydrogens (tertiary/aromatic N) is 1. The minimum Gasteiger partial charge on any atom is -0.454 e. The van der Waals surface area contributed by atoms with Crippen LogP contribution in [0.2, 0.25) is 0 Å². The Morgan fingerprint density at radius 2 is 1.63 bits per heavy atom. The number of rotatable bonds is 7. The molecule has 6 rings (SSSR count). The zero-order valence-corrected chi connectivity index (χ0v) is 20.5. The minimum atomic E-state index is -1.10. The van der Waals surface area contributed by atoms with Gasteiger partial charge in [-0.2, -0.15) is 0 Å². The van der Waals surface area contributed by atoms with Gasteiger partial charge in [-0.15, -0.1) is 0 Å². The van der Waals surface area contributed by atoms with Crippen LogP contribution in [-0.2, 0) is 27.6 Å². The molecule has 0 spiro atoms. The standard InChI is InChI=1S/C29H29NO4S/c31-28(29(13-14-29)24-9-12-26-27(19-24)34-20-33-26)18-21-5-4-6-23(17-21)22-7-10-25(11-8-22)35(32)30-15-2-1-3-16-30/h4-12,17,19H,1-3,13-16,18,20H2. The molecule has 0 bridgehead atoms. The highest BCUT2D eigenvalue weighted by Crippen LogP contribution is 2.51. The van der Waals surface area contributed by atoms with E-state index in [4.69, 9.17) is 9.47 Å². The Bertz CT molecular complexity index is 1280. The summed E-state index contributed by atoms with van der Waals surface area (Å²) in [5.74, 6) is 1.73. The normalized spacial score (nSPS) is 19.3. The molecular weight excluding hydrogens is 458 g/mol. The van der Waals surface area contributed by atoms with Gasteiger partial charge in [0.25, 0.3) is 0 Å². The van der Waals surface area contributed by atoms with Crippen LogP contribution in [0.25, 0.3) is 11.1 Å². The smallest absolute Gasteiger partial charge is 0.231 e. The zero-order valence-electron chi connectivity index (χ0n) is 19.7. The lowest BCUT2D eigenvalue weighted by molar-refractivity contribution is -0.120. The highest BCUT2D eigenvalue weighted by atomic mass is 32.2. The fraction of sp³-hybridized carbons (Fsp3) is 0.345. The highest BCUT2D eigenvalue weighted by Gasteiger charge is 2.50. The number of carbonyl (C=O) groups excluding carboxylic acids is 1. The van der Waals surface area contributed by atoms with Crippen LogP contribution in [0.5, 0.6) is 11.5 Å². The van der Waals surface area contributed by atoms with Gasteiger partial charge in [0.15, 0.2) is 11.5 Å². The molecule has 3 aromatic rings. The minimum absolute atomic E-state index is 0.238. The summed E-state index contributed by atoms with van der Waals surface area (Å²) in [6, 6.07) is 22.1. The summed E-state index contributed by atoms with van der Waals surface area (Å²) in [6.07, 6.45) is 5.61. The summed E-state index contributed by atoms with van der Waals surface area (Å²) in [6.45, 7) is 2.04. The maximum atomic E-state index is 13.4. The first-order valence-electron chi connectivity index (χ1n) is 12.4. The molecule has 1 saturated carbocycles. The summed E-state index contributed by atoms with van der Waals surface area (Å²) in [4.78, 5) is 14.3. The van der Waals surface area contributed by atoms with E-state index in [2.05, 4.69) is 16.4 Å². The Morgan fingerprint density at radius 1 is 0.857 bits per heavy atom. The summed E-state index contributed by atoms with van der Waals surface area (Å²) in [5.41, 5.74) is 3.77. The van der Waals surface area contributed by atoms with Crippen molar-refractivity contribution in [3.63, 3.8) is 0 Å². The van der Waals surface area contributed by atoms with E-state index in [0.717, 1.165) is 77.4 Å². The summed E-state index contributed by atoms with van der Waals surface area (Å²) in [7, 11) is -1.10. The number of Topliss-reactive ketones (excluding diaryl/α,β-unsaturated/α-hetero) is 1. The third-order valence-electron chi connectivity index (χ3n) is 7.44. The van der Waals surface area contributed by atoms with Gasteiger partial charge in [-0.1, -0.05) is 48.9 Å². The van der Waals surface area contributed by atoms with Crippen LogP contribution in [-0.4, -0.2) is 34.2 Å². The summed E-state index contributed by atoms with van der Waals surface area (Å²) in [5, 5.41) is 0. The fourth-order valence-corrected chi connectivity index (χ4v) is 6.46. The van der Waals surface area contributed by atoms with Crippen molar-refractivity contribution in [1.29, 1.82) is 0 Å². The Kier molecular flexibility index (Phi) is 5.94. The van der Waals surface area contributed by atoms with E-state index >= 15 is 0 Å². The van der Waals surface area contributed by atoms with Gasteiger partial charge in [-0.3, -0.25) is 4.79 Å². The van der Waals surface area contributed by atoms with Gasteiger partial charge in [-0.25, -0.2) is 8.51 Å². The van der Waals surface area contributed by atoms with Crippen LogP contribution in [0, 0.1) is 0 Å². The molecule has 3 aromatic carbocycles. The van der Waals surface area contributed by atoms with Gasteiger partial charge in [0.2, 0.25) is 6.79 Å². The van der Waals surface area contributed by atoms with E-state index in [9.17, 15) is 9.00 Å². The average Bonchev–Trinajstić information content (AvgIpc) is 3.60. The molecule has 35 heavy (non-hydrogen) atoms. The number of ether oxygens (including phenoxy) is 2. The van der Waals surface area contributed by atoms with Crippen LogP contribution in [0.15, 0.2) is 71.6 Å². The van der Waals surface area contributed by atoms with Crippen molar-refractivity contribution in [3.8, 4) is 22.6 Å². The first-order valence-corrected chi connectivity index (χ1v) is 13.5. The molecule has 0 N–H and O–H groups in total. The zero-order chi connectivity index (χ0) is 23.8. The Morgan fingerprint density at radius 3 is 2.40 bits per heavy atom. The molecule has 1 saturated heterocycles. The number of carbonyl (C=O) groups is 1. The van der Waals surface area contributed by atoms with Crippen molar-refractivity contribution in [2.45, 2.75) is 48.8 Å². The number of piperidine rings is 1. The van der Waals surface area contributed by atoms with Crippen LogP contribution >= 0.6 is 0 Å². The Hall–Kier alpha value is -2.96. The maximum Gasteiger partial charge on any atom is 0.231 e. The van der Waals surface area contributed by atoms with Gasteiger partial charge in [0.1, 0.15) is 16.8 Å². The first kappa shape index (κ1) is 22.5. The predicted octanol–water partition coefficient (Wildman–Crippen LogP) is 5.43. The number of hydrogen-bond acceptors (Lipinski definition) is 4. The third-order valence-corrected chi connectivity index (χ3v) is 8.95. The van der Waals surface area contributed by atoms with Gasteiger partial charge >= 0.3 is 0 Å². The molecule has 2 fully saturated rings. The van der Waals surface area contributed by atoms with Crippen molar-refractivity contribution >= 4 is 16.8 Å². The summed E-state index contributed by atoms with van der Waals surface area (Å²) < 4.78 is 25.9. The fourth-order valence-electron chi connectivity index (χ4n) is 5.21. The molecule has 0 radical (unpaired) electrons. The molecule has 6 heteroatoms. The quantitative estimate of drug-likeness (QED) is 0.446. The molecule has 1 aliphatic carbocycles. The molecule has 0 aromatic heterocycles. The van der Waals surface area contributed by atoms with Crippen molar-refractivity contribution < 1.29 is 18.5 Å².